The van der Waals surface area contributed by atoms with Crippen molar-refractivity contribution in [3.05, 3.63) is 33.1 Å². The van der Waals surface area contributed by atoms with Gasteiger partial charge in [-0.25, -0.2) is 13.8 Å². The molecule has 1 aromatic rings. The second kappa shape index (κ2) is 3.65. The van der Waals surface area contributed by atoms with E-state index in [1.807, 2.05) is 0 Å². The lowest BCUT2D eigenvalue weighted by molar-refractivity contribution is -0.387. The van der Waals surface area contributed by atoms with Crippen molar-refractivity contribution in [2.45, 2.75) is 20.3 Å². The molecule has 0 atom stereocenters. The van der Waals surface area contributed by atoms with Crippen LogP contribution >= 0.6 is 0 Å². The summed E-state index contributed by atoms with van der Waals surface area (Å²) in [4.78, 5) is 13.1. The molecule has 0 unspecified atom stereocenters. The zero-order chi connectivity index (χ0) is 10.9. The van der Waals surface area contributed by atoms with Crippen LogP contribution in [-0.2, 0) is 0 Å². The Morgan fingerprint density at radius 1 is 1.50 bits per heavy atom. The van der Waals surface area contributed by atoms with Gasteiger partial charge in [-0.3, -0.25) is 10.1 Å². The van der Waals surface area contributed by atoms with E-state index in [4.69, 9.17) is 0 Å². The Morgan fingerprint density at radius 2 is 2.07 bits per heavy atom. The number of nitro groups is 1. The molecule has 0 radical (unpaired) electrons. The Balaban J connectivity index is 3.45. The number of hydrogen-bond acceptors (Lipinski definition) is 3. The van der Waals surface area contributed by atoms with Gasteiger partial charge in [-0.05, 0) is 19.4 Å². The van der Waals surface area contributed by atoms with Crippen LogP contribution in [0.4, 0.5) is 14.5 Å². The molecule has 0 aliphatic heterocycles. The van der Waals surface area contributed by atoms with Crippen molar-refractivity contribution < 1.29 is 13.7 Å². The van der Waals surface area contributed by atoms with E-state index in [0.717, 1.165) is 0 Å². The first-order chi connectivity index (χ1) is 6.45. The molecule has 0 fully saturated rings. The van der Waals surface area contributed by atoms with Crippen molar-refractivity contribution in [3.63, 3.8) is 0 Å². The maximum absolute atomic E-state index is 12.3. The van der Waals surface area contributed by atoms with Crippen LogP contribution in [0.3, 0.4) is 0 Å². The zero-order valence-electron chi connectivity index (χ0n) is 7.62. The minimum absolute atomic E-state index is 0.236. The molecule has 0 amide bonds. The average Bonchev–Trinajstić information content (AvgIpc) is 2.08. The van der Waals surface area contributed by atoms with Gasteiger partial charge in [0.2, 0.25) is 0 Å². The number of aromatic nitrogens is 1. The maximum Gasteiger partial charge on any atom is 0.299 e. The molecule has 1 rings (SSSR count). The molecule has 0 aliphatic rings. The van der Waals surface area contributed by atoms with Gasteiger partial charge in [0.05, 0.1) is 4.92 Å². The third-order valence-electron chi connectivity index (χ3n) is 1.98. The van der Waals surface area contributed by atoms with Gasteiger partial charge < -0.3 is 0 Å². The first-order valence-corrected chi connectivity index (χ1v) is 3.83. The highest BCUT2D eigenvalue weighted by Crippen LogP contribution is 2.30. The molecule has 0 aliphatic carbocycles. The molecular weight excluding hydrogens is 194 g/mol. The number of aryl methyl sites for hydroxylation is 1. The fourth-order valence-corrected chi connectivity index (χ4v) is 1.09. The summed E-state index contributed by atoms with van der Waals surface area (Å²) in [5, 5.41) is 10.5. The van der Waals surface area contributed by atoms with Gasteiger partial charge in [0.15, 0.2) is 5.69 Å². The Hall–Kier alpha value is -1.59. The number of halogens is 2. The van der Waals surface area contributed by atoms with Crippen molar-refractivity contribution in [1.82, 2.24) is 4.98 Å². The normalized spacial score (nSPS) is 10.6. The summed E-state index contributed by atoms with van der Waals surface area (Å²) in [5.41, 5.74) is -0.584. The molecular formula is C8H8F2N2O2. The Bertz CT molecular complexity index is 380. The van der Waals surface area contributed by atoms with Crippen LogP contribution in [0.15, 0.2) is 6.20 Å². The topological polar surface area (TPSA) is 56.0 Å². The molecule has 0 spiro atoms. The van der Waals surface area contributed by atoms with E-state index in [9.17, 15) is 18.9 Å². The van der Waals surface area contributed by atoms with Crippen molar-refractivity contribution >= 4 is 5.69 Å². The number of nitrogens with zero attached hydrogens (tertiary/aromatic N) is 2. The summed E-state index contributed by atoms with van der Waals surface area (Å²) in [6, 6.07) is 0. The summed E-state index contributed by atoms with van der Waals surface area (Å²) in [6.07, 6.45) is -1.71. The van der Waals surface area contributed by atoms with E-state index >= 15 is 0 Å². The van der Waals surface area contributed by atoms with Gasteiger partial charge in [0.1, 0.15) is 0 Å². The number of rotatable bonds is 2. The minimum atomic E-state index is -2.92. The largest absolute Gasteiger partial charge is 0.299 e. The maximum atomic E-state index is 12.3. The number of pyridine rings is 1. The molecule has 6 heteroatoms. The molecule has 1 aromatic heterocycles. The van der Waals surface area contributed by atoms with Gasteiger partial charge in [-0.1, -0.05) is 0 Å². The molecule has 0 saturated heterocycles. The van der Waals surface area contributed by atoms with Gasteiger partial charge in [0, 0.05) is 11.8 Å². The van der Waals surface area contributed by atoms with Crippen molar-refractivity contribution in [1.29, 1.82) is 0 Å². The Morgan fingerprint density at radius 3 is 2.50 bits per heavy atom. The standard InChI is InChI=1S/C8H8F2N2O2/c1-4-3-11-6(8(9)10)7(5(4)2)12(13)14/h3,8H,1-2H3. The molecule has 1 heterocycles. The fraction of sp³-hybridized carbons (Fsp3) is 0.375. The second-order valence-electron chi connectivity index (χ2n) is 2.86. The van der Waals surface area contributed by atoms with Crippen LogP contribution in [0.1, 0.15) is 23.2 Å². The van der Waals surface area contributed by atoms with E-state index in [0.29, 0.717) is 5.56 Å². The van der Waals surface area contributed by atoms with Crippen LogP contribution in [0, 0.1) is 24.0 Å². The van der Waals surface area contributed by atoms with E-state index in [1.54, 1.807) is 6.92 Å². The Labute approximate surface area is 78.7 Å². The first kappa shape index (κ1) is 10.5. The van der Waals surface area contributed by atoms with Crippen molar-refractivity contribution in [3.8, 4) is 0 Å². The molecule has 0 aromatic carbocycles. The van der Waals surface area contributed by atoms with Crippen LogP contribution < -0.4 is 0 Å². The first-order valence-electron chi connectivity index (χ1n) is 3.83. The zero-order valence-corrected chi connectivity index (χ0v) is 7.62. The smallest absolute Gasteiger partial charge is 0.258 e. The third-order valence-corrected chi connectivity index (χ3v) is 1.98. The van der Waals surface area contributed by atoms with Crippen LogP contribution in [0.5, 0.6) is 0 Å². The van der Waals surface area contributed by atoms with E-state index in [-0.39, 0.29) is 5.56 Å². The van der Waals surface area contributed by atoms with E-state index in [2.05, 4.69) is 4.98 Å². The SMILES string of the molecule is Cc1cnc(C(F)F)c([N+](=O)[O-])c1C. The lowest BCUT2D eigenvalue weighted by atomic mass is 10.1. The van der Waals surface area contributed by atoms with Crippen molar-refractivity contribution in [2.75, 3.05) is 0 Å². The predicted octanol–water partition coefficient (Wildman–Crippen LogP) is 2.54. The summed E-state index contributed by atoms with van der Waals surface area (Å²) in [5.74, 6) is 0. The third kappa shape index (κ3) is 1.68. The Kier molecular flexibility index (Phi) is 2.73. The highest BCUT2D eigenvalue weighted by atomic mass is 19.3. The predicted molar refractivity (Wildman–Crippen MR) is 45.3 cm³/mol. The quantitative estimate of drug-likeness (QED) is 0.547. The summed E-state index contributed by atoms with van der Waals surface area (Å²) in [7, 11) is 0. The minimum Gasteiger partial charge on any atom is -0.258 e. The van der Waals surface area contributed by atoms with Gasteiger partial charge in [-0.2, -0.15) is 0 Å². The van der Waals surface area contributed by atoms with Gasteiger partial charge in [-0.15, -0.1) is 0 Å². The molecule has 76 valence electrons. The van der Waals surface area contributed by atoms with Gasteiger partial charge >= 0.3 is 0 Å². The van der Waals surface area contributed by atoms with Crippen LogP contribution in [-0.4, -0.2) is 9.91 Å². The lowest BCUT2D eigenvalue weighted by Crippen LogP contribution is -2.03. The summed E-state index contributed by atoms with van der Waals surface area (Å²) in [6.45, 7) is 3.02. The van der Waals surface area contributed by atoms with Crippen molar-refractivity contribution in [2.24, 2.45) is 0 Å². The van der Waals surface area contributed by atoms with Gasteiger partial charge in [0.25, 0.3) is 12.1 Å². The van der Waals surface area contributed by atoms with E-state index < -0.39 is 22.7 Å². The van der Waals surface area contributed by atoms with E-state index in [1.165, 1.54) is 13.1 Å². The van der Waals surface area contributed by atoms with Crippen LogP contribution in [0.25, 0.3) is 0 Å². The molecule has 0 saturated carbocycles. The highest BCUT2D eigenvalue weighted by molar-refractivity contribution is 5.47. The number of hydrogen-bond donors (Lipinski definition) is 0. The van der Waals surface area contributed by atoms with Crippen LogP contribution in [0.2, 0.25) is 0 Å². The molecule has 0 bridgehead atoms. The fourth-order valence-electron chi connectivity index (χ4n) is 1.09. The lowest BCUT2D eigenvalue weighted by Gasteiger charge is -2.05. The monoisotopic (exact) mass is 202 g/mol. The molecule has 0 N–H and O–H groups in total. The summed E-state index contributed by atoms with van der Waals surface area (Å²) >= 11 is 0. The number of alkyl halides is 2. The average molecular weight is 202 g/mol. The second-order valence-corrected chi connectivity index (χ2v) is 2.86. The summed E-state index contributed by atoms with van der Waals surface area (Å²) < 4.78 is 24.7. The molecule has 4 nitrogen and oxygen atoms in total. The molecule has 14 heavy (non-hydrogen) atoms. The highest BCUT2D eigenvalue weighted by Gasteiger charge is 2.26.